The Morgan fingerprint density at radius 1 is 1.05 bits per heavy atom. The molecule has 4 nitrogen and oxygen atoms in total. The smallest absolute Gasteiger partial charge is 0.185 e. The van der Waals surface area contributed by atoms with Crippen LogP contribution in [0, 0.1) is 0 Å². The van der Waals surface area contributed by atoms with Gasteiger partial charge in [-0.15, -0.1) is 0 Å². The van der Waals surface area contributed by atoms with E-state index in [4.69, 9.17) is 23.1 Å². The normalized spacial score (nSPS) is 12.2. The van der Waals surface area contributed by atoms with Gasteiger partial charge in [-0.25, -0.2) is 0 Å². The summed E-state index contributed by atoms with van der Waals surface area (Å²) in [7, 11) is 0. The second-order valence-corrected chi connectivity index (χ2v) is 5.54. The van der Waals surface area contributed by atoms with E-state index in [-0.39, 0.29) is 11.9 Å². The molecule has 0 aliphatic carbocycles. The van der Waals surface area contributed by atoms with E-state index < -0.39 is 0 Å². The van der Waals surface area contributed by atoms with Gasteiger partial charge in [0, 0.05) is 28.0 Å². The highest BCUT2D eigenvalue weighted by Crippen LogP contribution is 2.34. The average molecular weight is 313 g/mol. The summed E-state index contributed by atoms with van der Waals surface area (Å²) >= 11 is 6.38. The van der Waals surface area contributed by atoms with Crippen LogP contribution in [-0.2, 0) is 0 Å². The van der Waals surface area contributed by atoms with Crippen LogP contribution in [0.3, 0.4) is 0 Å². The van der Waals surface area contributed by atoms with Crippen molar-refractivity contribution in [3.8, 4) is 0 Å². The highest BCUT2D eigenvalue weighted by molar-refractivity contribution is 6.31. The SMILES string of the molecule is NC(N)=NCC(c1ccccc1Cl)c1c[nH]c2ccccc12. The first-order valence-electron chi connectivity index (χ1n) is 7.02. The lowest BCUT2D eigenvalue weighted by Gasteiger charge is -2.16. The number of benzene rings is 2. The van der Waals surface area contributed by atoms with Crippen LogP contribution in [0.25, 0.3) is 10.9 Å². The van der Waals surface area contributed by atoms with Gasteiger partial charge in [-0.2, -0.15) is 0 Å². The van der Waals surface area contributed by atoms with E-state index in [1.807, 2.05) is 48.7 Å². The van der Waals surface area contributed by atoms with Crippen LogP contribution in [0.1, 0.15) is 17.0 Å². The van der Waals surface area contributed by atoms with Crippen LogP contribution in [0.5, 0.6) is 0 Å². The minimum atomic E-state index is -0.00745. The Labute approximate surface area is 133 Å². The molecule has 0 fully saturated rings. The summed E-state index contributed by atoms with van der Waals surface area (Å²) in [6.45, 7) is 0.452. The fraction of sp³-hybridized carbons (Fsp3) is 0.118. The number of aliphatic imine (C=N–C) groups is 1. The van der Waals surface area contributed by atoms with Gasteiger partial charge in [-0.1, -0.05) is 48.0 Å². The third-order valence-electron chi connectivity index (χ3n) is 3.73. The molecule has 112 valence electrons. The van der Waals surface area contributed by atoms with Gasteiger partial charge in [0.1, 0.15) is 0 Å². The third-order valence-corrected chi connectivity index (χ3v) is 4.08. The minimum Gasteiger partial charge on any atom is -0.370 e. The molecule has 0 radical (unpaired) electrons. The van der Waals surface area contributed by atoms with Crippen molar-refractivity contribution in [2.45, 2.75) is 5.92 Å². The summed E-state index contributed by atoms with van der Waals surface area (Å²) < 4.78 is 0. The molecule has 0 aliphatic rings. The topological polar surface area (TPSA) is 80.2 Å². The van der Waals surface area contributed by atoms with E-state index >= 15 is 0 Å². The molecule has 0 saturated heterocycles. The molecule has 5 N–H and O–H groups in total. The van der Waals surface area contributed by atoms with Crippen LogP contribution in [0.2, 0.25) is 5.02 Å². The van der Waals surface area contributed by atoms with Crippen LogP contribution in [-0.4, -0.2) is 17.5 Å². The molecule has 0 spiro atoms. The number of hydrogen-bond donors (Lipinski definition) is 3. The van der Waals surface area contributed by atoms with Crippen molar-refractivity contribution in [3.05, 3.63) is 70.9 Å². The van der Waals surface area contributed by atoms with E-state index in [0.29, 0.717) is 11.6 Å². The molecule has 5 heteroatoms. The van der Waals surface area contributed by atoms with E-state index in [9.17, 15) is 0 Å². The van der Waals surface area contributed by atoms with Gasteiger partial charge in [-0.3, -0.25) is 4.99 Å². The van der Waals surface area contributed by atoms with Crippen LogP contribution in [0.4, 0.5) is 0 Å². The molecule has 3 rings (SSSR count). The van der Waals surface area contributed by atoms with Gasteiger partial charge in [0.15, 0.2) is 5.96 Å². The second-order valence-electron chi connectivity index (χ2n) is 5.13. The Kier molecular flexibility index (Phi) is 4.02. The zero-order valence-corrected chi connectivity index (χ0v) is 12.7. The number of hydrogen-bond acceptors (Lipinski definition) is 1. The van der Waals surface area contributed by atoms with Crippen LogP contribution >= 0.6 is 11.6 Å². The van der Waals surface area contributed by atoms with E-state index in [1.54, 1.807) is 0 Å². The number of rotatable bonds is 4. The van der Waals surface area contributed by atoms with Crippen LogP contribution < -0.4 is 11.5 Å². The number of nitrogens with one attached hydrogen (secondary N) is 1. The Bertz CT molecular complexity index is 818. The summed E-state index contributed by atoms with van der Waals surface area (Å²) in [6, 6.07) is 15.9. The number of aromatic nitrogens is 1. The number of nitrogens with two attached hydrogens (primary N) is 2. The first kappa shape index (κ1) is 14.5. The zero-order chi connectivity index (χ0) is 15.5. The quantitative estimate of drug-likeness (QED) is 0.511. The molecule has 1 heterocycles. The maximum Gasteiger partial charge on any atom is 0.185 e. The number of nitrogens with zero attached hydrogens (tertiary/aromatic N) is 1. The fourth-order valence-electron chi connectivity index (χ4n) is 2.70. The molecule has 1 unspecified atom stereocenters. The average Bonchev–Trinajstić information content (AvgIpc) is 2.93. The maximum absolute atomic E-state index is 6.38. The standard InChI is InChI=1S/C17H17ClN4/c18-15-7-3-1-5-11(15)13(10-22-17(19)20)14-9-21-16-8-4-2-6-12(14)16/h1-9,13,21H,10H2,(H4,19,20,22). The number of H-pyrrole nitrogens is 1. The van der Waals surface area contributed by atoms with Crippen molar-refractivity contribution in [1.29, 1.82) is 0 Å². The lowest BCUT2D eigenvalue weighted by molar-refractivity contribution is 0.824. The molecular weight excluding hydrogens is 296 g/mol. The summed E-state index contributed by atoms with van der Waals surface area (Å²) in [5, 5.41) is 1.86. The number of guanidine groups is 1. The van der Waals surface area contributed by atoms with E-state index in [2.05, 4.69) is 16.0 Å². The van der Waals surface area contributed by atoms with Crippen molar-refractivity contribution in [1.82, 2.24) is 4.98 Å². The van der Waals surface area contributed by atoms with Crippen LogP contribution in [0.15, 0.2) is 59.7 Å². The molecule has 0 bridgehead atoms. The summed E-state index contributed by atoms with van der Waals surface area (Å²) in [5.41, 5.74) is 14.2. The molecule has 3 aromatic rings. The molecule has 1 atom stereocenters. The first-order chi connectivity index (χ1) is 10.7. The van der Waals surface area contributed by atoms with Crippen molar-refractivity contribution in [3.63, 3.8) is 0 Å². The van der Waals surface area contributed by atoms with Gasteiger partial charge >= 0.3 is 0 Å². The fourth-order valence-corrected chi connectivity index (χ4v) is 2.97. The lowest BCUT2D eigenvalue weighted by Crippen LogP contribution is -2.24. The molecule has 2 aromatic carbocycles. The highest BCUT2D eigenvalue weighted by atomic mass is 35.5. The largest absolute Gasteiger partial charge is 0.370 e. The molecule has 0 saturated carbocycles. The predicted molar refractivity (Wildman–Crippen MR) is 92.3 cm³/mol. The Morgan fingerprint density at radius 3 is 2.55 bits per heavy atom. The highest BCUT2D eigenvalue weighted by Gasteiger charge is 2.20. The van der Waals surface area contributed by atoms with Gasteiger partial charge in [0.2, 0.25) is 0 Å². The number of aromatic amines is 1. The van der Waals surface area contributed by atoms with Crippen molar-refractivity contribution in [2.24, 2.45) is 16.5 Å². The third kappa shape index (κ3) is 2.78. The second kappa shape index (κ2) is 6.12. The summed E-state index contributed by atoms with van der Waals surface area (Å²) in [6.07, 6.45) is 2.00. The number of para-hydroxylation sites is 1. The molecule has 1 aromatic heterocycles. The number of halogens is 1. The maximum atomic E-state index is 6.38. The van der Waals surface area contributed by atoms with Crippen molar-refractivity contribution in [2.75, 3.05) is 6.54 Å². The monoisotopic (exact) mass is 312 g/mol. The van der Waals surface area contributed by atoms with Gasteiger partial charge in [-0.05, 0) is 23.3 Å². The Morgan fingerprint density at radius 2 is 1.77 bits per heavy atom. The molecular formula is C17H17ClN4. The molecule has 22 heavy (non-hydrogen) atoms. The summed E-state index contributed by atoms with van der Waals surface area (Å²) in [4.78, 5) is 7.50. The molecule has 0 amide bonds. The molecule has 0 aliphatic heterocycles. The zero-order valence-electron chi connectivity index (χ0n) is 12.0. The van der Waals surface area contributed by atoms with E-state index in [0.717, 1.165) is 22.0 Å². The first-order valence-corrected chi connectivity index (χ1v) is 7.40. The summed E-state index contributed by atoms with van der Waals surface area (Å²) in [5.74, 6) is 0.0730. The van der Waals surface area contributed by atoms with Gasteiger partial charge in [0.25, 0.3) is 0 Å². The minimum absolute atomic E-state index is 0.00745. The van der Waals surface area contributed by atoms with Gasteiger partial charge < -0.3 is 16.5 Å². The Hall–Kier alpha value is -2.46. The Balaban J connectivity index is 2.13. The van der Waals surface area contributed by atoms with Crippen molar-refractivity contribution < 1.29 is 0 Å². The predicted octanol–water partition coefficient (Wildman–Crippen LogP) is 3.23. The van der Waals surface area contributed by atoms with Gasteiger partial charge in [0.05, 0.1) is 6.54 Å². The lowest BCUT2D eigenvalue weighted by atomic mass is 9.91. The van der Waals surface area contributed by atoms with Crippen molar-refractivity contribution >= 4 is 28.5 Å². The number of fused-ring (bicyclic) bond motifs is 1. The van der Waals surface area contributed by atoms with E-state index in [1.165, 1.54) is 0 Å².